The van der Waals surface area contributed by atoms with E-state index in [0.717, 1.165) is 35.6 Å². The Morgan fingerprint density at radius 1 is 1.28 bits per heavy atom. The third-order valence-electron chi connectivity index (χ3n) is 4.85. The topological polar surface area (TPSA) is 52.6 Å². The lowest BCUT2D eigenvalue weighted by Gasteiger charge is -2.38. The molecule has 134 valence electrons. The van der Waals surface area contributed by atoms with Crippen LogP contribution in [0.25, 0.3) is 0 Å². The molecular formula is C19H23FN2O2S. The zero-order valence-corrected chi connectivity index (χ0v) is 15.1. The van der Waals surface area contributed by atoms with Crippen molar-refractivity contribution in [1.82, 2.24) is 10.2 Å². The summed E-state index contributed by atoms with van der Waals surface area (Å²) in [6.45, 7) is 4.79. The molecule has 4 nitrogen and oxygen atoms in total. The molecule has 0 radical (unpaired) electrons. The zero-order chi connectivity index (χ0) is 17.9. The van der Waals surface area contributed by atoms with E-state index in [1.165, 1.54) is 23.5 Å². The van der Waals surface area contributed by atoms with Crippen molar-refractivity contribution in [3.8, 4) is 0 Å². The number of carbonyl (C=O) groups is 1. The fraction of sp³-hybridized carbons (Fsp3) is 0.421. The van der Waals surface area contributed by atoms with Gasteiger partial charge in [0, 0.05) is 26.2 Å². The van der Waals surface area contributed by atoms with Crippen molar-refractivity contribution in [2.45, 2.75) is 25.4 Å². The predicted octanol–water partition coefficient (Wildman–Crippen LogP) is 2.91. The number of aliphatic hydroxyl groups is 1. The number of likely N-dealkylation sites (tertiary alicyclic amines) is 1. The maximum atomic E-state index is 13.0. The van der Waals surface area contributed by atoms with Crippen LogP contribution < -0.4 is 5.32 Å². The third kappa shape index (κ3) is 4.26. The number of carbonyl (C=O) groups excluding carboxylic acids is 1. The first kappa shape index (κ1) is 18.0. The maximum absolute atomic E-state index is 13.0. The number of halogens is 1. The van der Waals surface area contributed by atoms with Gasteiger partial charge in [-0.1, -0.05) is 12.1 Å². The largest absolute Gasteiger partial charge is 0.385 e. The summed E-state index contributed by atoms with van der Waals surface area (Å²) in [5.74, 6) is -0.311. The number of nitrogens with zero attached hydrogens (tertiary/aromatic N) is 1. The SMILES string of the molecule is Cc1ccsc1C(=O)NCCN1CCC(O)(c2ccc(F)cc2)CC1. The molecule has 1 amide bonds. The van der Waals surface area contributed by atoms with Gasteiger partial charge in [0.25, 0.3) is 5.91 Å². The minimum atomic E-state index is -0.887. The summed E-state index contributed by atoms with van der Waals surface area (Å²) < 4.78 is 13.0. The number of nitrogens with one attached hydrogen (secondary N) is 1. The van der Waals surface area contributed by atoms with Crippen LogP contribution in [0.1, 0.15) is 33.6 Å². The van der Waals surface area contributed by atoms with E-state index in [-0.39, 0.29) is 11.7 Å². The average molecular weight is 362 g/mol. The summed E-state index contributed by atoms with van der Waals surface area (Å²) in [5, 5.41) is 15.7. The molecule has 0 atom stereocenters. The molecule has 2 aromatic rings. The molecule has 1 aliphatic rings. The van der Waals surface area contributed by atoms with Gasteiger partial charge in [-0.15, -0.1) is 11.3 Å². The van der Waals surface area contributed by atoms with Crippen molar-refractivity contribution in [3.63, 3.8) is 0 Å². The number of amides is 1. The van der Waals surface area contributed by atoms with Gasteiger partial charge in [-0.3, -0.25) is 4.79 Å². The molecule has 1 aromatic heterocycles. The summed E-state index contributed by atoms with van der Waals surface area (Å²) in [7, 11) is 0. The number of hydrogen-bond acceptors (Lipinski definition) is 4. The molecule has 6 heteroatoms. The van der Waals surface area contributed by atoms with Crippen LogP contribution in [0.5, 0.6) is 0 Å². The first-order valence-corrected chi connectivity index (χ1v) is 9.39. The molecule has 25 heavy (non-hydrogen) atoms. The minimum Gasteiger partial charge on any atom is -0.385 e. The monoisotopic (exact) mass is 362 g/mol. The lowest BCUT2D eigenvalue weighted by Crippen LogP contribution is -2.45. The molecule has 0 unspecified atom stereocenters. The maximum Gasteiger partial charge on any atom is 0.261 e. The van der Waals surface area contributed by atoms with Crippen LogP contribution in [0.4, 0.5) is 4.39 Å². The lowest BCUT2D eigenvalue weighted by molar-refractivity contribution is -0.0255. The molecule has 1 aliphatic heterocycles. The standard InChI is InChI=1S/C19H23FN2O2S/c1-14-6-13-25-17(14)18(23)21-9-12-22-10-7-19(24,8-11-22)15-2-4-16(20)5-3-15/h2-6,13,24H,7-12H2,1H3,(H,21,23). The van der Waals surface area contributed by atoms with Crippen molar-refractivity contribution in [3.05, 3.63) is 57.5 Å². The normalized spacial score (nSPS) is 17.4. The Morgan fingerprint density at radius 3 is 2.56 bits per heavy atom. The van der Waals surface area contributed by atoms with Gasteiger partial charge in [0.15, 0.2) is 0 Å². The van der Waals surface area contributed by atoms with Crippen molar-refractivity contribution >= 4 is 17.2 Å². The van der Waals surface area contributed by atoms with Gasteiger partial charge in [-0.05, 0) is 54.5 Å². The van der Waals surface area contributed by atoms with E-state index >= 15 is 0 Å². The second kappa shape index (κ2) is 7.64. The van der Waals surface area contributed by atoms with E-state index in [9.17, 15) is 14.3 Å². The van der Waals surface area contributed by atoms with Crippen LogP contribution in [0.3, 0.4) is 0 Å². The highest BCUT2D eigenvalue weighted by Gasteiger charge is 2.33. The second-order valence-electron chi connectivity index (χ2n) is 6.57. The molecule has 2 N–H and O–H groups in total. The second-order valence-corrected chi connectivity index (χ2v) is 7.48. The van der Waals surface area contributed by atoms with Crippen LogP contribution in [-0.2, 0) is 5.60 Å². The molecular weight excluding hydrogens is 339 g/mol. The van der Waals surface area contributed by atoms with E-state index in [0.29, 0.717) is 19.4 Å². The summed E-state index contributed by atoms with van der Waals surface area (Å²) in [4.78, 5) is 15.1. The quantitative estimate of drug-likeness (QED) is 0.860. The number of benzene rings is 1. The Bertz CT molecular complexity index is 721. The Hall–Kier alpha value is -1.76. The molecule has 3 rings (SSSR count). The van der Waals surface area contributed by atoms with Gasteiger partial charge in [0.2, 0.25) is 0 Å². The number of rotatable bonds is 5. The van der Waals surface area contributed by atoms with E-state index < -0.39 is 5.60 Å². The molecule has 0 spiro atoms. The van der Waals surface area contributed by atoms with Crippen LogP contribution in [0.2, 0.25) is 0 Å². The Labute approximate surface area is 151 Å². The zero-order valence-electron chi connectivity index (χ0n) is 14.3. The van der Waals surface area contributed by atoms with Gasteiger partial charge >= 0.3 is 0 Å². The van der Waals surface area contributed by atoms with Crippen LogP contribution >= 0.6 is 11.3 Å². The molecule has 0 saturated carbocycles. The number of aryl methyl sites for hydroxylation is 1. The summed E-state index contributed by atoms with van der Waals surface area (Å²) in [6, 6.07) is 8.05. The number of thiophene rings is 1. The summed E-state index contributed by atoms with van der Waals surface area (Å²) >= 11 is 1.46. The van der Waals surface area contributed by atoms with Crippen LogP contribution in [0, 0.1) is 12.7 Å². The first-order chi connectivity index (χ1) is 12.0. The van der Waals surface area contributed by atoms with Gasteiger partial charge < -0.3 is 15.3 Å². The van der Waals surface area contributed by atoms with E-state index in [1.807, 2.05) is 18.4 Å². The number of hydrogen-bond donors (Lipinski definition) is 2. The van der Waals surface area contributed by atoms with Gasteiger partial charge in [0.05, 0.1) is 10.5 Å². The number of piperidine rings is 1. The van der Waals surface area contributed by atoms with Gasteiger partial charge in [0.1, 0.15) is 5.82 Å². The lowest BCUT2D eigenvalue weighted by atomic mass is 9.84. The highest BCUT2D eigenvalue weighted by atomic mass is 32.1. The fourth-order valence-corrected chi connectivity index (χ4v) is 4.05. The van der Waals surface area contributed by atoms with Crippen molar-refractivity contribution in [2.24, 2.45) is 0 Å². The minimum absolute atomic E-state index is 0.0210. The average Bonchev–Trinajstić information content (AvgIpc) is 3.03. The van der Waals surface area contributed by atoms with Crippen LogP contribution in [0.15, 0.2) is 35.7 Å². The summed E-state index contributed by atoms with van der Waals surface area (Å²) in [5.41, 5.74) is 0.890. The van der Waals surface area contributed by atoms with Crippen LogP contribution in [-0.4, -0.2) is 42.1 Å². The molecule has 0 aliphatic carbocycles. The van der Waals surface area contributed by atoms with Crippen molar-refractivity contribution in [1.29, 1.82) is 0 Å². The van der Waals surface area contributed by atoms with E-state index in [2.05, 4.69) is 10.2 Å². The fourth-order valence-electron chi connectivity index (χ4n) is 3.21. The molecule has 1 aromatic carbocycles. The molecule has 1 saturated heterocycles. The predicted molar refractivity (Wildman–Crippen MR) is 97.4 cm³/mol. The Balaban J connectivity index is 1.46. The van der Waals surface area contributed by atoms with Gasteiger partial charge in [-0.2, -0.15) is 0 Å². The Kier molecular flexibility index (Phi) is 5.51. The van der Waals surface area contributed by atoms with Gasteiger partial charge in [-0.25, -0.2) is 4.39 Å². The highest BCUT2D eigenvalue weighted by molar-refractivity contribution is 7.12. The van der Waals surface area contributed by atoms with E-state index in [1.54, 1.807) is 12.1 Å². The third-order valence-corrected chi connectivity index (χ3v) is 5.86. The molecule has 0 bridgehead atoms. The first-order valence-electron chi connectivity index (χ1n) is 8.51. The smallest absolute Gasteiger partial charge is 0.261 e. The Morgan fingerprint density at radius 2 is 1.96 bits per heavy atom. The molecule has 1 fully saturated rings. The van der Waals surface area contributed by atoms with Crippen molar-refractivity contribution in [2.75, 3.05) is 26.2 Å². The highest BCUT2D eigenvalue weighted by Crippen LogP contribution is 2.32. The summed E-state index contributed by atoms with van der Waals surface area (Å²) in [6.07, 6.45) is 1.22. The van der Waals surface area contributed by atoms with E-state index in [4.69, 9.17) is 0 Å². The molecule has 2 heterocycles. The van der Waals surface area contributed by atoms with Crippen molar-refractivity contribution < 1.29 is 14.3 Å².